The lowest BCUT2D eigenvalue weighted by atomic mass is 10.1. The number of fused-ring (bicyclic) bond motifs is 1. The van der Waals surface area contributed by atoms with Gasteiger partial charge in [-0.15, -0.1) is 11.3 Å². The molecule has 0 saturated carbocycles. The molecule has 1 atom stereocenters. The van der Waals surface area contributed by atoms with Crippen molar-refractivity contribution in [2.24, 2.45) is 0 Å². The van der Waals surface area contributed by atoms with Crippen molar-refractivity contribution < 1.29 is 14.3 Å². The average Bonchev–Trinajstić information content (AvgIpc) is 3.03. The van der Waals surface area contributed by atoms with Gasteiger partial charge in [-0.3, -0.25) is 14.0 Å². The van der Waals surface area contributed by atoms with Crippen LogP contribution in [0.15, 0.2) is 46.8 Å². The number of hydrogen-bond acceptors (Lipinski definition) is 5. The number of hydrogen-bond donors (Lipinski definition) is 2. The van der Waals surface area contributed by atoms with Crippen LogP contribution in [0.2, 0.25) is 0 Å². The van der Waals surface area contributed by atoms with Crippen LogP contribution < -0.4 is 10.9 Å². The molecule has 0 radical (unpaired) electrons. The van der Waals surface area contributed by atoms with Gasteiger partial charge in [0.25, 0.3) is 11.5 Å². The second-order valence-electron chi connectivity index (χ2n) is 4.81. The van der Waals surface area contributed by atoms with E-state index in [2.05, 4.69) is 10.3 Å². The highest BCUT2D eigenvalue weighted by molar-refractivity contribution is 7.15. The van der Waals surface area contributed by atoms with Gasteiger partial charge in [0.2, 0.25) is 0 Å². The van der Waals surface area contributed by atoms with Crippen LogP contribution in [0.4, 0.5) is 4.39 Å². The predicted molar refractivity (Wildman–Crippen MR) is 83.0 cm³/mol. The molecule has 0 saturated heterocycles. The fourth-order valence-electron chi connectivity index (χ4n) is 2.07. The Kier molecular flexibility index (Phi) is 4.18. The summed E-state index contributed by atoms with van der Waals surface area (Å²) in [7, 11) is 0. The maximum atomic E-state index is 12.8. The van der Waals surface area contributed by atoms with Gasteiger partial charge in [0.1, 0.15) is 11.4 Å². The van der Waals surface area contributed by atoms with Crippen LogP contribution >= 0.6 is 11.3 Å². The van der Waals surface area contributed by atoms with E-state index in [1.165, 1.54) is 46.2 Å². The molecular formula is C15H12FN3O3S. The summed E-state index contributed by atoms with van der Waals surface area (Å²) < 4.78 is 14.1. The van der Waals surface area contributed by atoms with E-state index in [0.29, 0.717) is 10.5 Å². The second kappa shape index (κ2) is 6.27. The normalized spacial score (nSPS) is 12.3. The van der Waals surface area contributed by atoms with Crippen LogP contribution in [-0.2, 0) is 0 Å². The molecule has 1 aromatic carbocycles. The van der Waals surface area contributed by atoms with Crippen molar-refractivity contribution in [1.29, 1.82) is 0 Å². The van der Waals surface area contributed by atoms with Gasteiger partial charge < -0.3 is 10.4 Å². The Morgan fingerprint density at radius 1 is 1.39 bits per heavy atom. The third kappa shape index (κ3) is 3.13. The molecule has 1 amide bonds. The number of rotatable bonds is 4. The van der Waals surface area contributed by atoms with Gasteiger partial charge in [0, 0.05) is 24.3 Å². The summed E-state index contributed by atoms with van der Waals surface area (Å²) in [5, 5.41) is 14.2. The number of nitrogens with zero attached hydrogens (tertiary/aromatic N) is 2. The molecule has 118 valence electrons. The SMILES string of the molecule is O=C(NCC(O)c1ccc(F)cc1)c1cnc2sccn2c1=O. The zero-order chi connectivity index (χ0) is 16.4. The molecule has 2 heterocycles. The summed E-state index contributed by atoms with van der Waals surface area (Å²) in [6.07, 6.45) is 1.76. The zero-order valence-electron chi connectivity index (χ0n) is 11.8. The first-order valence-electron chi connectivity index (χ1n) is 6.73. The topological polar surface area (TPSA) is 83.7 Å². The molecule has 2 N–H and O–H groups in total. The van der Waals surface area contributed by atoms with Crippen LogP contribution in [0.5, 0.6) is 0 Å². The number of nitrogens with one attached hydrogen (secondary N) is 1. The third-order valence-electron chi connectivity index (χ3n) is 3.30. The summed E-state index contributed by atoms with van der Waals surface area (Å²) >= 11 is 1.29. The first-order valence-corrected chi connectivity index (χ1v) is 7.61. The minimum atomic E-state index is -1.000. The van der Waals surface area contributed by atoms with Crippen molar-refractivity contribution in [3.8, 4) is 0 Å². The first-order chi connectivity index (χ1) is 11.1. The van der Waals surface area contributed by atoms with Crippen molar-refractivity contribution in [2.45, 2.75) is 6.10 Å². The van der Waals surface area contributed by atoms with Gasteiger partial charge in [-0.1, -0.05) is 12.1 Å². The Morgan fingerprint density at radius 3 is 2.87 bits per heavy atom. The van der Waals surface area contributed by atoms with E-state index in [1.54, 1.807) is 11.6 Å². The molecule has 0 aliphatic heterocycles. The number of carbonyl (C=O) groups excluding carboxylic acids is 1. The van der Waals surface area contributed by atoms with Gasteiger partial charge in [0.05, 0.1) is 6.10 Å². The summed E-state index contributed by atoms with van der Waals surface area (Å²) in [5.74, 6) is -1.03. The van der Waals surface area contributed by atoms with E-state index in [1.807, 2.05) is 0 Å². The molecular weight excluding hydrogens is 321 g/mol. The van der Waals surface area contributed by atoms with Crippen molar-refractivity contribution >= 4 is 22.2 Å². The van der Waals surface area contributed by atoms with E-state index in [-0.39, 0.29) is 12.1 Å². The molecule has 23 heavy (non-hydrogen) atoms. The molecule has 1 unspecified atom stereocenters. The summed E-state index contributed by atoms with van der Waals surface area (Å²) in [4.78, 5) is 28.8. The number of aromatic nitrogens is 2. The molecule has 0 aliphatic carbocycles. The first kappa shape index (κ1) is 15.3. The van der Waals surface area contributed by atoms with Crippen LogP contribution in [0.25, 0.3) is 4.96 Å². The lowest BCUT2D eigenvalue weighted by Crippen LogP contribution is -2.33. The molecule has 8 heteroatoms. The maximum absolute atomic E-state index is 12.8. The smallest absolute Gasteiger partial charge is 0.271 e. The number of halogens is 1. The van der Waals surface area contributed by atoms with Gasteiger partial charge in [0.15, 0.2) is 4.96 Å². The van der Waals surface area contributed by atoms with Crippen molar-refractivity contribution in [3.63, 3.8) is 0 Å². The minimum absolute atomic E-state index is 0.101. The largest absolute Gasteiger partial charge is 0.387 e. The molecule has 3 rings (SSSR count). The molecule has 0 aliphatic rings. The maximum Gasteiger partial charge on any atom is 0.271 e. The Labute approximate surface area is 133 Å². The average molecular weight is 333 g/mol. The Hall–Kier alpha value is -2.58. The number of amides is 1. The highest BCUT2D eigenvalue weighted by Crippen LogP contribution is 2.12. The van der Waals surface area contributed by atoms with E-state index < -0.39 is 23.4 Å². The van der Waals surface area contributed by atoms with Crippen LogP contribution in [0, 0.1) is 5.82 Å². The number of aliphatic hydroxyl groups excluding tert-OH is 1. The lowest BCUT2D eigenvalue weighted by molar-refractivity contribution is 0.0914. The lowest BCUT2D eigenvalue weighted by Gasteiger charge is -2.12. The summed E-state index contributed by atoms with van der Waals surface area (Å²) in [6.45, 7) is -0.101. The molecule has 3 aromatic rings. The number of thiazole rings is 1. The highest BCUT2D eigenvalue weighted by atomic mass is 32.1. The van der Waals surface area contributed by atoms with Crippen molar-refractivity contribution in [1.82, 2.24) is 14.7 Å². The summed E-state index contributed by atoms with van der Waals surface area (Å²) in [5.41, 5.74) is -0.105. The second-order valence-corrected chi connectivity index (χ2v) is 5.68. The fraction of sp³-hybridized carbons (Fsp3) is 0.133. The van der Waals surface area contributed by atoms with Crippen LogP contribution in [-0.4, -0.2) is 26.9 Å². The number of benzene rings is 1. The molecule has 0 bridgehead atoms. The third-order valence-corrected chi connectivity index (χ3v) is 4.07. The van der Waals surface area contributed by atoms with Gasteiger partial charge >= 0.3 is 0 Å². The van der Waals surface area contributed by atoms with E-state index >= 15 is 0 Å². The van der Waals surface area contributed by atoms with Crippen LogP contribution in [0.1, 0.15) is 22.0 Å². The van der Waals surface area contributed by atoms with Gasteiger partial charge in [-0.2, -0.15) is 0 Å². The summed E-state index contributed by atoms with van der Waals surface area (Å²) in [6, 6.07) is 5.31. The van der Waals surface area contributed by atoms with Gasteiger partial charge in [-0.05, 0) is 17.7 Å². The Morgan fingerprint density at radius 2 is 2.13 bits per heavy atom. The van der Waals surface area contributed by atoms with Crippen LogP contribution in [0.3, 0.4) is 0 Å². The van der Waals surface area contributed by atoms with E-state index in [0.717, 1.165) is 0 Å². The molecule has 6 nitrogen and oxygen atoms in total. The molecule has 0 fully saturated rings. The highest BCUT2D eigenvalue weighted by Gasteiger charge is 2.15. The fourth-order valence-corrected chi connectivity index (χ4v) is 2.74. The van der Waals surface area contributed by atoms with Crippen molar-refractivity contribution in [2.75, 3.05) is 6.54 Å². The molecule has 0 spiro atoms. The Balaban J connectivity index is 1.72. The predicted octanol–water partition coefficient (Wildman–Crippen LogP) is 1.36. The monoisotopic (exact) mass is 333 g/mol. The van der Waals surface area contributed by atoms with E-state index in [9.17, 15) is 19.1 Å². The van der Waals surface area contributed by atoms with Gasteiger partial charge in [-0.25, -0.2) is 9.37 Å². The molecule has 2 aromatic heterocycles. The standard InChI is InChI=1S/C15H12FN3O3S/c16-10-3-1-9(2-4-10)12(20)8-17-13(21)11-7-18-15-19(14(11)22)5-6-23-15/h1-7,12,20H,8H2,(H,17,21). The number of carbonyl (C=O) groups is 1. The minimum Gasteiger partial charge on any atom is -0.387 e. The zero-order valence-corrected chi connectivity index (χ0v) is 12.6. The van der Waals surface area contributed by atoms with Crippen molar-refractivity contribution in [3.05, 3.63) is 69.3 Å². The quantitative estimate of drug-likeness (QED) is 0.755. The van der Waals surface area contributed by atoms with E-state index in [4.69, 9.17) is 0 Å². The number of aliphatic hydroxyl groups is 1. The Bertz CT molecular complexity index is 904.